The molecule has 0 fully saturated rings. The zero-order chi connectivity index (χ0) is 16.4. The number of benzene rings is 1. The summed E-state index contributed by atoms with van der Waals surface area (Å²) in [6.07, 6.45) is 1.45. The molecule has 6 nitrogen and oxygen atoms in total. The maximum Gasteiger partial charge on any atom is 0.412 e. The lowest BCUT2D eigenvalue weighted by molar-refractivity contribution is 0.196. The Morgan fingerprint density at radius 2 is 1.82 bits per heavy atom. The van der Waals surface area contributed by atoms with Crippen molar-refractivity contribution in [3.63, 3.8) is 0 Å². The van der Waals surface area contributed by atoms with Crippen molar-refractivity contribution in [1.29, 1.82) is 0 Å². The van der Waals surface area contributed by atoms with Gasteiger partial charge in [0.15, 0.2) is 0 Å². The molecule has 6 heteroatoms. The van der Waals surface area contributed by atoms with Crippen molar-refractivity contribution in [3.05, 3.63) is 24.3 Å². The molecule has 3 N–H and O–H groups in total. The molecule has 0 aliphatic carbocycles. The highest BCUT2D eigenvalue weighted by Gasteiger charge is 2.10. The number of carbonyl (C=O) groups excluding carboxylic acids is 1. The van der Waals surface area contributed by atoms with E-state index in [1.165, 1.54) is 0 Å². The Bertz CT molecular complexity index is 430. The first-order chi connectivity index (χ1) is 10.6. The fourth-order valence-electron chi connectivity index (χ4n) is 2.18. The maximum atomic E-state index is 11.7. The molecule has 0 unspecified atom stereocenters. The second kappa shape index (κ2) is 10.0. The molecule has 22 heavy (non-hydrogen) atoms. The number of nitrogens with zero attached hydrogens (tertiary/aromatic N) is 1. The van der Waals surface area contributed by atoms with Gasteiger partial charge in [-0.2, -0.15) is 0 Å². The van der Waals surface area contributed by atoms with E-state index >= 15 is 0 Å². The van der Waals surface area contributed by atoms with E-state index in [-0.39, 0.29) is 19.3 Å². The van der Waals surface area contributed by atoms with Crippen molar-refractivity contribution in [2.75, 3.05) is 31.2 Å². The number of aliphatic hydroxyl groups excluding tert-OH is 2. The fourth-order valence-corrected chi connectivity index (χ4v) is 2.18. The molecule has 0 aliphatic heterocycles. The van der Waals surface area contributed by atoms with Gasteiger partial charge in [0.05, 0.1) is 13.2 Å². The topological polar surface area (TPSA) is 82.0 Å². The lowest BCUT2D eigenvalue weighted by atomic mass is 10.2. The Labute approximate surface area is 131 Å². The van der Waals surface area contributed by atoms with Crippen LogP contribution in [-0.2, 0) is 0 Å². The third-order valence-electron chi connectivity index (χ3n) is 3.24. The second-order valence-corrected chi connectivity index (χ2v) is 5.15. The number of rotatable bonds is 9. The Balaban J connectivity index is 2.58. The first kappa shape index (κ1) is 18.3. The van der Waals surface area contributed by atoms with E-state index in [0.29, 0.717) is 18.8 Å². The van der Waals surface area contributed by atoms with E-state index in [2.05, 4.69) is 12.2 Å². The summed E-state index contributed by atoms with van der Waals surface area (Å²) in [7, 11) is 0. The molecule has 0 heterocycles. The fraction of sp³-hybridized carbons (Fsp3) is 0.562. The molecule has 1 atom stereocenters. The number of carbonyl (C=O) groups is 1. The van der Waals surface area contributed by atoms with Gasteiger partial charge in [-0.1, -0.05) is 13.3 Å². The van der Waals surface area contributed by atoms with E-state index < -0.39 is 6.09 Å². The summed E-state index contributed by atoms with van der Waals surface area (Å²) in [5.41, 5.74) is 0.857. The minimum absolute atomic E-state index is 0.00990. The first-order valence-corrected chi connectivity index (χ1v) is 7.65. The van der Waals surface area contributed by atoms with Gasteiger partial charge >= 0.3 is 6.09 Å². The molecule has 0 saturated carbocycles. The normalized spacial score (nSPS) is 11.8. The van der Waals surface area contributed by atoms with Crippen LogP contribution in [0.1, 0.15) is 26.7 Å². The van der Waals surface area contributed by atoms with Crippen molar-refractivity contribution < 1.29 is 19.7 Å². The number of anilines is 1. The molecule has 1 aromatic carbocycles. The molecule has 1 rings (SSSR count). The Hall–Kier alpha value is -1.79. The van der Waals surface area contributed by atoms with Crippen LogP contribution in [0.4, 0.5) is 10.5 Å². The lowest BCUT2D eigenvalue weighted by Gasteiger charge is -2.23. The predicted octanol–water partition coefficient (Wildman–Crippen LogP) is 1.75. The van der Waals surface area contributed by atoms with Gasteiger partial charge in [-0.15, -0.1) is 0 Å². The number of aliphatic hydroxyl groups is 2. The first-order valence-electron chi connectivity index (χ1n) is 7.65. The highest BCUT2D eigenvalue weighted by atomic mass is 16.6. The highest BCUT2D eigenvalue weighted by Crippen LogP contribution is 2.19. The van der Waals surface area contributed by atoms with Crippen LogP contribution in [-0.4, -0.2) is 48.7 Å². The average molecular weight is 310 g/mol. The molecular formula is C16H26N2O4. The van der Waals surface area contributed by atoms with E-state index in [0.717, 1.165) is 18.5 Å². The molecule has 0 radical (unpaired) electrons. The van der Waals surface area contributed by atoms with Gasteiger partial charge in [0, 0.05) is 24.8 Å². The molecule has 1 amide bonds. The Kier molecular flexibility index (Phi) is 8.32. The van der Waals surface area contributed by atoms with Crippen molar-refractivity contribution in [1.82, 2.24) is 5.32 Å². The van der Waals surface area contributed by atoms with E-state index in [1.54, 1.807) is 24.3 Å². The lowest BCUT2D eigenvalue weighted by Crippen LogP contribution is -2.34. The van der Waals surface area contributed by atoms with E-state index in [4.69, 9.17) is 14.9 Å². The molecule has 0 aromatic heterocycles. The zero-order valence-electron chi connectivity index (χ0n) is 13.3. The van der Waals surface area contributed by atoms with Crippen LogP contribution in [0.15, 0.2) is 24.3 Å². The SMILES string of the molecule is CCC[C@@H](C)NC(=O)Oc1ccc(N(CCO)CCO)cc1. The minimum atomic E-state index is -0.462. The quantitative estimate of drug-likeness (QED) is 0.647. The smallest absolute Gasteiger partial charge is 0.410 e. The summed E-state index contributed by atoms with van der Waals surface area (Å²) < 4.78 is 5.22. The van der Waals surface area contributed by atoms with Gasteiger partial charge in [-0.05, 0) is 37.6 Å². The van der Waals surface area contributed by atoms with Gasteiger partial charge in [0.1, 0.15) is 5.75 Å². The number of amides is 1. The Morgan fingerprint density at radius 1 is 1.23 bits per heavy atom. The van der Waals surface area contributed by atoms with Crippen LogP contribution >= 0.6 is 0 Å². The van der Waals surface area contributed by atoms with Crippen LogP contribution in [0.3, 0.4) is 0 Å². The summed E-state index contributed by atoms with van der Waals surface area (Å²) >= 11 is 0. The molecule has 0 bridgehead atoms. The summed E-state index contributed by atoms with van der Waals surface area (Å²) in [5.74, 6) is 0.456. The molecular weight excluding hydrogens is 284 g/mol. The number of nitrogens with one attached hydrogen (secondary N) is 1. The summed E-state index contributed by atoms with van der Waals surface area (Å²) in [5, 5.41) is 20.8. The maximum absolute atomic E-state index is 11.7. The van der Waals surface area contributed by atoms with Crippen molar-refractivity contribution in [3.8, 4) is 5.75 Å². The van der Waals surface area contributed by atoms with E-state index in [9.17, 15) is 4.79 Å². The van der Waals surface area contributed by atoms with Gasteiger partial charge in [0.25, 0.3) is 0 Å². The van der Waals surface area contributed by atoms with E-state index in [1.807, 2.05) is 11.8 Å². The van der Waals surface area contributed by atoms with Crippen molar-refractivity contribution in [2.45, 2.75) is 32.7 Å². The highest BCUT2D eigenvalue weighted by molar-refractivity contribution is 5.70. The number of hydrogen-bond donors (Lipinski definition) is 3. The predicted molar refractivity (Wildman–Crippen MR) is 86.4 cm³/mol. The van der Waals surface area contributed by atoms with Crippen LogP contribution in [0.2, 0.25) is 0 Å². The minimum Gasteiger partial charge on any atom is -0.410 e. The largest absolute Gasteiger partial charge is 0.412 e. The van der Waals surface area contributed by atoms with Crippen LogP contribution < -0.4 is 15.0 Å². The Morgan fingerprint density at radius 3 is 2.32 bits per heavy atom. The second-order valence-electron chi connectivity index (χ2n) is 5.15. The zero-order valence-corrected chi connectivity index (χ0v) is 13.3. The van der Waals surface area contributed by atoms with Crippen LogP contribution in [0.5, 0.6) is 5.75 Å². The molecule has 0 saturated heterocycles. The van der Waals surface area contributed by atoms with Crippen molar-refractivity contribution >= 4 is 11.8 Å². The van der Waals surface area contributed by atoms with Gasteiger partial charge < -0.3 is 25.2 Å². The third kappa shape index (κ3) is 6.32. The van der Waals surface area contributed by atoms with Gasteiger partial charge in [-0.25, -0.2) is 4.79 Å². The molecule has 0 aliphatic rings. The van der Waals surface area contributed by atoms with Gasteiger partial charge in [-0.3, -0.25) is 0 Å². The number of hydrogen-bond acceptors (Lipinski definition) is 5. The number of ether oxygens (including phenoxy) is 1. The van der Waals surface area contributed by atoms with Crippen LogP contribution in [0, 0.1) is 0 Å². The molecule has 124 valence electrons. The van der Waals surface area contributed by atoms with Crippen LogP contribution in [0.25, 0.3) is 0 Å². The molecule has 0 spiro atoms. The standard InChI is InChI=1S/C16H26N2O4/c1-3-4-13(2)17-16(21)22-15-7-5-14(6-8-15)18(9-11-19)10-12-20/h5-8,13,19-20H,3-4,9-12H2,1-2H3,(H,17,21)/t13-/m1/s1. The third-order valence-corrected chi connectivity index (χ3v) is 3.24. The van der Waals surface area contributed by atoms with Crippen molar-refractivity contribution in [2.24, 2.45) is 0 Å². The summed E-state index contributed by atoms with van der Waals surface area (Å²) in [6.45, 7) is 4.90. The molecule has 1 aromatic rings. The van der Waals surface area contributed by atoms with Gasteiger partial charge in [0.2, 0.25) is 0 Å². The summed E-state index contributed by atoms with van der Waals surface area (Å²) in [4.78, 5) is 13.6. The summed E-state index contributed by atoms with van der Waals surface area (Å²) in [6, 6.07) is 7.07. The monoisotopic (exact) mass is 310 g/mol. The average Bonchev–Trinajstić information content (AvgIpc) is 2.48.